The molecule has 1 saturated heterocycles. The zero-order chi connectivity index (χ0) is 23.3. The van der Waals surface area contributed by atoms with Crippen molar-refractivity contribution >= 4 is 39.1 Å². The Hall–Kier alpha value is -1.60. The number of rotatable bonds is 8. The first kappa shape index (κ1) is 25.0. The summed E-state index contributed by atoms with van der Waals surface area (Å²) in [6, 6.07) is 14.7. The van der Waals surface area contributed by atoms with Gasteiger partial charge in [-0.3, -0.25) is 4.79 Å². The molecule has 0 saturated carbocycles. The number of hydrogen-bond acceptors (Lipinski definition) is 3. The van der Waals surface area contributed by atoms with E-state index in [1.807, 2.05) is 30.3 Å². The summed E-state index contributed by atoms with van der Waals surface area (Å²) in [6.45, 7) is 4.86. The van der Waals surface area contributed by atoms with Crippen molar-refractivity contribution in [2.45, 2.75) is 44.9 Å². The second kappa shape index (κ2) is 11.0. The summed E-state index contributed by atoms with van der Waals surface area (Å²) in [7, 11) is -3.58. The van der Waals surface area contributed by atoms with Crippen LogP contribution in [0.5, 0.6) is 0 Å². The van der Waals surface area contributed by atoms with Crippen LogP contribution in [0.2, 0.25) is 10.0 Å². The van der Waals surface area contributed by atoms with Crippen LogP contribution in [0.1, 0.15) is 50.3 Å². The van der Waals surface area contributed by atoms with Crippen molar-refractivity contribution in [2.75, 3.05) is 13.1 Å². The van der Waals surface area contributed by atoms with E-state index in [2.05, 4.69) is 19.2 Å². The molecule has 0 radical (unpaired) electrons. The van der Waals surface area contributed by atoms with E-state index in [-0.39, 0.29) is 30.2 Å². The molecule has 2 atom stereocenters. The molecular formula is C24H30Cl2N2O3S. The third-order valence-electron chi connectivity index (χ3n) is 5.71. The summed E-state index contributed by atoms with van der Waals surface area (Å²) in [5, 5.41) is 3.89. The van der Waals surface area contributed by atoms with E-state index in [1.165, 1.54) is 4.31 Å². The lowest BCUT2D eigenvalue weighted by Crippen LogP contribution is -2.46. The molecule has 1 aliphatic heterocycles. The van der Waals surface area contributed by atoms with E-state index in [9.17, 15) is 13.2 Å². The Bertz CT molecular complexity index is 1030. The minimum atomic E-state index is -3.58. The van der Waals surface area contributed by atoms with Crippen molar-refractivity contribution in [1.82, 2.24) is 9.62 Å². The number of nitrogens with one attached hydrogen (secondary N) is 1. The molecule has 1 amide bonds. The molecule has 174 valence electrons. The first-order valence-electron chi connectivity index (χ1n) is 10.9. The molecule has 2 aromatic rings. The fourth-order valence-electron chi connectivity index (χ4n) is 4.07. The molecule has 1 N–H and O–H groups in total. The number of halogens is 2. The topological polar surface area (TPSA) is 66.5 Å². The van der Waals surface area contributed by atoms with E-state index in [0.29, 0.717) is 40.9 Å². The van der Waals surface area contributed by atoms with Gasteiger partial charge in [0.2, 0.25) is 15.9 Å². The number of nitrogens with zero attached hydrogens (tertiary/aromatic N) is 1. The lowest BCUT2D eigenvalue weighted by atomic mass is 9.94. The molecular weight excluding hydrogens is 467 g/mol. The van der Waals surface area contributed by atoms with Gasteiger partial charge in [0.05, 0.1) is 27.8 Å². The summed E-state index contributed by atoms with van der Waals surface area (Å²) in [5.74, 6) is -0.215. The van der Waals surface area contributed by atoms with Gasteiger partial charge in [0.15, 0.2) is 0 Å². The first-order chi connectivity index (χ1) is 15.2. The van der Waals surface area contributed by atoms with Crippen molar-refractivity contribution in [3.63, 3.8) is 0 Å². The third kappa shape index (κ3) is 6.70. The predicted molar refractivity (Wildman–Crippen MR) is 130 cm³/mol. The highest BCUT2D eigenvalue weighted by atomic mass is 35.5. The minimum absolute atomic E-state index is 0.0889. The fraction of sp³-hybridized carbons (Fsp3) is 0.458. The van der Waals surface area contributed by atoms with Crippen molar-refractivity contribution in [3.8, 4) is 0 Å². The van der Waals surface area contributed by atoms with E-state index < -0.39 is 10.0 Å². The Morgan fingerprint density at radius 3 is 2.50 bits per heavy atom. The summed E-state index contributed by atoms with van der Waals surface area (Å²) < 4.78 is 27.5. The Morgan fingerprint density at radius 2 is 1.84 bits per heavy atom. The van der Waals surface area contributed by atoms with Crippen LogP contribution in [0.3, 0.4) is 0 Å². The largest absolute Gasteiger partial charge is 0.349 e. The minimum Gasteiger partial charge on any atom is -0.349 e. The van der Waals surface area contributed by atoms with Crippen LogP contribution in [0.25, 0.3) is 0 Å². The van der Waals surface area contributed by atoms with Crippen molar-refractivity contribution in [3.05, 3.63) is 69.7 Å². The molecule has 3 rings (SSSR count). The monoisotopic (exact) mass is 496 g/mol. The number of sulfonamides is 1. The van der Waals surface area contributed by atoms with Crippen LogP contribution >= 0.6 is 23.2 Å². The number of carbonyl (C=O) groups is 1. The summed E-state index contributed by atoms with van der Waals surface area (Å²) in [4.78, 5) is 13.1. The van der Waals surface area contributed by atoms with Gasteiger partial charge in [0, 0.05) is 13.1 Å². The smallest absolute Gasteiger partial charge is 0.224 e. The van der Waals surface area contributed by atoms with Crippen LogP contribution in [-0.4, -0.2) is 31.7 Å². The summed E-state index contributed by atoms with van der Waals surface area (Å²) in [6.07, 6.45) is 2.15. The predicted octanol–water partition coefficient (Wildman–Crippen LogP) is 5.44. The molecule has 32 heavy (non-hydrogen) atoms. The zero-order valence-electron chi connectivity index (χ0n) is 18.4. The van der Waals surface area contributed by atoms with Gasteiger partial charge in [-0.05, 0) is 48.4 Å². The quantitative estimate of drug-likeness (QED) is 0.528. The van der Waals surface area contributed by atoms with Gasteiger partial charge >= 0.3 is 0 Å². The zero-order valence-corrected chi connectivity index (χ0v) is 20.8. The Labute approximate surface area is 201 Å². The molecule has 5 nitrogen and oxygen atoms in total. The van der Waals surface area contributed by atoms with Gasteiger partial charge in [-0.1, -0.05) is 73.4 Å². The van der Waals surface area contributed by atoms with Gasteiger partial charge in [0.1, 0.15) is 0 Å². The average Bonchev–Trinajstić information content (AvgIpc) is 2.76. The van der Waals surface area contributed by atoms with Crippen LogP contribution in [0.4, 0.5) is 0 Å². The first-order valence-corrected chi connectivity index (χ1v) is 13.3. The standard InChI is InChI=1S/C24H30Cl2N2O3S/c1-17(2)13-23(19-7-4-3-5-8-19)27-24(29)20-9-6-12-28(15-20)32(30,31)16-18-10-11-21(25)22(26)14-18/h3-5,7-8,10-11,14,17,20,23H,6,9,12-13,15-16H2,1-2H3,(H,27,29)/t20-,23+/m1/s1. The molecule has 0 bridgehead atoms. The number of hydrogen-bond donors (Lipinski definition) is 1. The average molecular weight is 497 g/mol. The number of carbonyl (C=O) groups excluding carboxylic acids is 1. The maximum atomic E-state index is 13.1. The molecule has 8 heteroatoms. The second-order valence-electron chi connectivity index (χ2n) is 8.80. The Morgan fingerprint density at radius 1 is 1.12 bits per heavy atom. The second-order valence-corrected chi connectivity index (χ2v) is 11.6. The van der Waals surface area contributed by atoms with Crippen molar-refractivity contribution in [1.29, 1.82) is 0 Å². The molecule has 0 aliphatic carbocycles. The van der Waals surface area contributed by atoms with Gasteiger partial charge in [0.25, 0.3) is 0 Å². The molecule has 1 aliphatic rings. The maximum absolute atomic E-state index is 13.1. The highest BCUT2D eigenvalue weighted by molar-refractivity contribution is 7.88. The number of benzene rings is 2. The van der Waals surface area contributed by atoms with Crippen LogP contribution in [0, 0.1) is 11.8 Å². The summed E-state index contributed by atoms with van der Waals surface area (Å²) >= 11 is 12.0. The summed E-state index contributed by atoms with van der Waals surface area (Å²) in [5.41, 5.74) is 1.64. The highest BCUT2D eigenvalue weighted by Crippen LogP contribution is 2.27. The molecule has 0 aromatic heterocycles. The molecule has 2 aromatic carbocycles. The van der Waals surface area contributed by atoms with E-state index in [0.717, 1.165) is 12.0 Å². The maximum Gasteiger partial charge on any atom is 0.224 e. The highest BCUT2D eigenvalue weighted by Gasteiger charge is 2.33. The molecule has 0 spiro atoms. The van der Waals surface area contributed by atoms with Crippen LogP contribution in [0.15, 0.2) is 48.5 Å². The third-order valence-corrected chi connectivity index (χ3v) is 8.26. The van der Waals surface area contributed by atoms with Gasteiger partial charge < -0.3 is 5.32 Å². The van der Waals surface area contributed by atoms with Crippen molar-refractivity contribution in [2.24, 2.45) is 11.8 Å². The van der Waals surface area contributed by atoms with Gasteiger partial charge in [-0.2, -0.15) is 0 Å². The van der Waals surface area contributed by atoms with Crippen molar-refractivity contribution < 1.29 is 13.2 Å². The Balaban J connectivity index is 1.68. The lowest BCUT2D eigenvalue weighted by molar-refractivity contribution is -0.127. The van der Waals surface area contributed by atoms with Gasteiger partial charge in [-0.25, -0.2) is 12.7 Å². The van der Waals surface area contributed by atoms with E-state index >= 15 is 0 Å². The fourth-order valence-corrected chi connectivity index (χ4v) is 5.98. The van der Waals surface area contributed by atoms with Crippen LogP contribution < -0.4 is 5.32 Å². The Kier molecular flexibility index (Phi) is 8.62. The van der Waals surface area contributed by atoms with Gasteiger partial charge in [-0.15, -0.1) is 0 Å². The normalized spacial score (nSPS) is 18.5. The molecule has 1 heterocycles. The van der Waals surface area contributed by atoms with E-state index in [4.69, 9.17) is 23.2 Å². The van der Waals surface area contributed by atoms with E-state index in [1.54, 1.807) is 18.2 Å². The number of piperidine rings is 1. The molecule has 0 unspecified atom stereocenters. The molecule has 1 fully saturated rings. The van der Waals surface area contributed by atoms with Crippen LogP contribution in [-0.2, 0) is 20.6 Å². The number of amides is 1. The lowest BCUT2D eigenvalue weighted by Gasteiger charge is -2.32. The SMILES string of the molecule is CC(C)C[C@H](NC(=O)[C@@H]1CCCN(S(=O)(=O)Cc2ccc(Cl)c(Cl)c2)C1)c1ccccc1.